The van der Waals surface area contributed by atoms with Crippen molar-refractivity contribution in [2.45, 2.75) is 11.8 Å². The molecule has 0 fully saturated rings. The standard InChI is InChI=1S/C18H21FN2O5S/c1-13(22)20-16-12-14(8-9-18(16)25-3)27(23,24)21(2)10-11-26-17-7-5-4-6-15(17)19/h4-9,12H,10-11H2,1-3H3,(H,20,22). The van der Waals surface area contributed by atoms with Crippen molar-refractivity contribution >= 4 is 21.6 Å². The van der Waals surface area contributed by atoms with Crippen molar-refractivity contribution in [3.8, 4) is 11.5 Å². The highest BCUT2D eigenvalue weighted by molar-refractivity contribution is 7.89. The Morgan fingerprint density at radius 1 is 1.19 bits per heavy atom. The van der Waals surface area contributed by atoms with Gasteiger partial charge in [-0.3, -0.25) is 4.79 Å². The third kappa shape index (κ3) is 5.18. The lowest BCUT2D eigenvalue weighted by Crippen LogP contribution is -2.31. The van der Waals surface area contributed by atoms with E-state index in [9.17, 15) is 17.6 Å². The van der Waals surface area contributed by atoms with Gasteiger partial charge in [-0.1, -0.05) is 12.1 Å². The molecule has 0 aromatic heterocycles. The van der Waals surface area contributed by atoms with Crippen molar-refractivity contribution in [1.82, 2.24) is 4.31 Å². The van der Waals surface area contributed by atoms with E-state index in [0.717, 1.165) is 4.31 Å². The van der Waals surface area contributed by atoms with Gasteiger partial charge in [0, 0.05) is 20.5 Å². The zero-order chi connectivity index (χ0) is 20.0. The first kappa shape index (κ1) is 20.7. The first-order chi connectivity index (χ1) is 12.8. The second-order valence-corrected chi connectivity index (χ2v) is 7.69. The van der Waals surface area contributed by atoms with Crippen LogP contribution in [0.5, 0.6) is 11.5 Å². The molecule has 0 saturated carbocycles. The molecule has 2 aromatic rings. The van der Waals surface area contributed by atoms with Gasteiger partial charge in [0.25, 0.3) is 0 Å². The maximum Gasteiger partial charge on any atom is 0.243 e. The van der Waals surface area contributed by atoms with Gasteiger partial charge in [-0.25, -0.2) is 12.8 Å². The monoisotopic (exact) mass is 396 g/mol. The summed E-state index contributed by atoms with van der Waals surface area (Å²) in [5.41, 5.74) is 0.252. The molecule has 7 nitrogen and oxygen atoms in total. The van der Waals surface area contributed by atoms with E-state index in [2.05, 4.69) is 5.32 Å². The number of para-hydroxylation sites is 1. The highest BCUT2D eigenvalue weighted by Crippen LogP contribution is 2.28. The topological polar surface area (TPSA) is 84.9 Å². The summed E-state index contributed by atoms with van der Waals surface area (Å²) in [5.74, 6) is -0.469. The van der Waals surface area contributed by atoms with E-state index in [0.29, 0.717) is 5.75 Å². The van der Waals surface area contributed by atoms with E-state index >= 15 is 0 Å². The van der Waals surface area contributed by atoms with Gasteiger partial charge in [0.15, 0.2) is 11.6 Å². The number of methoxy groups -OCH3 is 1. The quantitative estimate of drug-likeness (QED) is 0.741. The second-order valence-electron chi connectivity index (χ2n) is 5.65. The van der Waals surface area contributed by atoms with E-state index in [1.807, 2.05) is 0 Å². The van der Waals surface area contributed by atoms with Crippen LogP contribution in [0, 0.1) is 5.82 Å². The van der Waals surface area contributed by atoms with Gasteiger partial charge in [0.1, 0.15) is 12.4 Å². The van der Waals surface area contributed by atoms with Crippen LogP contribution in [0.25, 0.3) is 0 Å². The molecule has 0 aliphatic rings. The van der Waals surface area contributed by atoms with Gasteiger partial charge >= 0.3 is 0 Å². The van der Waals surface area contributed by atoms with Crippen LogP contribution in [-0.4, -0.2) is 45.9 Å². The average Bonchev–Trinajstić information content (AvgIpc) is 2.62. The molecule has 0 aliphatic heterocycles. The van der Waals surface area contributed by atoms with Crippen LogP contribution in [0.2, 0.25) is 0 Å². The van der Waals surface area contributed by atoms with Crippen LogP contribution in [0.4, 0.5) is 10.1 Å². The number of hydrogen-bond acceptors (Lipinski definition) is 5. The van der Waals surface area contributed by atoms with Crippen LogP contribution in [0.1, 0.15) is 6.92 Å². The van der Waals surface area contributed by atoms with Gasteiger partial charge < -0.3 is 14.8 Å². The van der Waals surface area contributed by atoms with Crippen molar-refractivity contribution in [2.75, 3.05) is 32.6 Å². The summed E-state index contributed by atoms with van der Waals surface area (Å²) < 4.78 is 50.5. The summed E-state index contributed by atoms with van der Waals surface area (Å²) >= 11 is 0. The van der Waals surface area contributed by atoms with Crippen molar-refractivity contribution in [3.05, 3.63) is 48.3 Å². The fourth-order valence-corrected chi connectivity index (χ4v) is 3.46. The molecule has 2 rings (SSSR count). The van der Waals surface area contributed by atoms with Gasteiger partial charge in [-0.2, -0.15) is 4.31 Å². The summed E-state index contributed by atoms with van der Waals surface area (Å²) in [6.45, 7) is 1.30. The number of likely N-dealkylation sites (N-methyl/N-ethyl adjacent to an activating group) is 1. The lowest BCUT2D eigenvalue weighted by molar-refractivity contribution is -0.114. The number of rotatable bonds is 8. The van der Waals surface area contributed by atoms with Crippen molar-refractivity contribution in [2.24, 2.45) is 0 Å². The molecular formula is C18H21FN2O5S. The Morgan fingerprint density at radius 2 is 1.89 bits per heavy atom. The Bertz CT molecular complexity index is 918. The molecule has 0 heterocycles. The molecular weight excluding hydrogens is 375 g/mol. The molecule has 0 bridgehead atoms. The zero-order valence-electron chi connectivity index (χ0n) is 15.2. The molecule has 1 amide bonds. The fourth-order valence-electron chi connectivity index (χ4n) is 2.28. The number of nitrogens with one attached hydrogen (secondary N) is 1. The van der Waals surface area contributed by atoms with Crippen molar-refractivity contribution in [3.63, 3.8) is 0 Å². The maximum absolute atomic E-state index is 13.5. The SMILES string of the molecule is COc1ccc(S(=O)(=O)N(C)CCOc2ccccc2F)cc1NC(C)=O. The Balaban J connectivity index is 2.12. The van der Waals surface area contributed by atoms with Gasteiger partial charge in [0.2, 0.25) is 15.9 Å². The summed E-state index contributed by atoms with van der Waals surface area (Å²) in [7, 11) is -1.03. The number of anilines is 1. The minimum absolute atomic E-state index is 0.0121. The molecule has 2 aromatic carbocycles. The molecule has 0 radical (unpaired) electrons. The summed E-state index contributed by atoms with van der Waals surface area (Å²) in [6.07, 6.45) is 0. The summed E-state index contributed by atoms with van der Waals surface area (Å²) in [6, 6.07) is 10.1. The van der Waals surface area contributed by atoms with Crippen LogP contribution < -0.4 is 14.8 Å². The number of hydrogen-bond donors (Lipinski definition) is 1. The predicted octanol–water partition coefficient (Wildman–Crippen LogP) is 2.49. The summed E-state index contributed by atoms with van der Waals surface area (Å²) in [5, 5.41) is 2.53. The minimum Gasteiger partial charge on any atom is -0.495 e. The molecule has 0 atom stereocenters. The van der Waals surface area contributed by atoms with E-state index in [-0.39, 0.29) is 35.4 Å². The normalized spacial score (nSPS) is 11.3. The van der Waals surface area contributed by atoms with E-state index in [1.54, 1.807) is 6.07 Å². The number of ether oxygens (including phenoxy) is 2. The predicted molar refractivity (Wildman–Crippen MR) is 99.0 cm³/mol. The smallest absolute Gasteiger partial charge is 0.243 e. The van der Waals surface area contributed by atoms with Crippen LogP contribution in [0.3, 0.4) is 0 Å². The lowest BCUT2D eigenvalue weighted by Gasteiger charge is -2.19. The van der Waals surface area contributed by atoms with Crippen LogP contribution in [0.15, 0.2) is 47.4 Å². The Kier molecular flexibility index (Phi) is 6.75. The fraction of sp³-hybridized carbons (Fsp3) is 0.278. The zero-order valence-corrected chi connectivity index (χ0v) is 16.0. The lowest BCUT2D eigenvalue weighted by atomic mass is 10.3. The van der Waals surface area contributed by atoms with Gasteiger partial charge in [0.05, 0.1) is 17.7 Å². The Labute approximate surface area is 157 Å². The number of amides is 1. The van der Waals surface area contributed by atoms with Gasteiger partial charge in [-0.05, 0) is 30.3 Å². The van der Waals surface area contributed by atoms with Gasteiger partial charge in [-0.15, -0.1) is 0 Å². The highest BCUT2D eigenvalue weighted by Gasteiger charge is 2.22. The molecule has 27 heavy (non-hydrogen) atoms. The van der Waals surface area contributed by atoms with Crippen LogP contribution >= 0.6 is 0 Å². The highest BCUT2D eigenvalue weighted by atomic mass is 32.2. The first-order valence-corrected chi connectivity index (χ1v) is 9.49. The second kappa shape index (κ2) is 8.83. The average molecular weight is 396 g/mol. The largest absolute Gasteiger partial charge is 0.495 e. The number of sulfonamides is 1. The summed E-state index contributed by atoms with van der Waals surface area (Å²) in [4.78, 5) is 11.3. The third-order valence-electron chi connectivity index (χ3n) is 3.69. The van der Waals surface area contributed by atoms with E-state index in [1.165, 1.54) is 57.5 Å². The number of halogens is 1. The Hall–Kier alpha value is -2.65. The number of carbonyl (C=O) groups is 1. The van der Waals surface area contributed by atoms with E-state index in [4.69, 9.17) is 9.47 Å². The molecule has 0 spiro atoms. The molecule has 0 unspecified atom stereocenters. The first-order valence-electron chi connectivity index (χ1n) is 8.05. The molecule has 1 N–H and O–H groups in total. The number of carbonyl (C=O) groups excluding carboxylic acids is 1. The van der Waals surface area contributed by atoms with E-state index < -0.39 is 15.8 Å². The van der Waals surface area contributed by atoms with Crippen LogP contribution in [-0.2, 0) is 14.8 Å². The minimum atomic E-state index is -3.83. The number of nitrogens with zero attached hydrogens (tertiary/aromatic N) is 1. The third-order valence-corrected chi connectivity index (χ3v) is 5.54. The molecule has 0 aliphatic carbocycles. The maximum atomic E-state index is 13.5. The van der Waals surface area contributed by atoms with Crippen molar-refractivity contribution in [1.29, 1.82) is 0 Å². The molecule has 146 valence electrons. The molecule has 0 saturated heterocycles. The number of benzene rings is 2. The molecule has 9 heteroatoms. The Morgan fingerprint density at radius 3 is 2.52 bits per heavy atom. The van der Waals surface area contributed by atoms with Crippen molar-refractivity contribution < 1.29 is 27.1 Å².